The van der Waals surface area contributed by atoms with Crippen molar-refractivity contribution in [1.29, 1.82) is 0 Å². The Bertz CT molecular complexity index is 1450. The lowest BCUT2D eigenvalue weighted by atomic mass is 9.77. The highest BCUT2D eigenvalue weighted by Crippen LogP contribution is 2.37. The highest BCUT2D eigenvalue weighted by molar-refractivity contribution is 7.79. The number of allylic oxidation sites excluding steroid dienone is 5. The zero-order chi connectivity index (χ0) is 24.7. The molecular formula is C28H29N3O3S. The van der Waals surface area contributed by atoms with Crippen LogP contribution in [0, 0.1) is 0 Å². The maximum atomic E-state index is 13.8. The lowest BCUT2D eigenvalue weighted by molar-refractivity contribution is -0.895. The minimum Gasteiger partial charge on any atom is -0.772 e. The average molecular weight is 488 g/mol. The summed E-state index contributed by atoms with van der Waals surface area (Å²) in [6.45, 7) is 0. The summed E-state index contributed by atoms with van der Waals surface area (Å²) in [6, 6.07) is 4.13. The quantitative estimate of drug-likeness (QED) is 0.511. The van der Waals surface area contributed by atoms with E-state index in [0.29, 0.717) is 10.9 Å². The number of rotatable bonds is 5. The van der Waals surface area contributed by atoms with Gasteiger partial charge in [-0.2, -0.15) is 0 Å². The second-order valence-electron chi connectivity index (χ2n) is 10.1. The van der Waals surface area contributed by atoms with E-state index in [1.807, 2.05) is 18.4 Å². The van der Waals surface area contributed by atoms with Gasteiger partial charge < -0.3 is 14.4 Å². The lowest BCUT2D eigenvalue weighted by Crippen LogP contribution is -2.44. The number of quaternary nitrogens is 1. The minimum absolute atomic E-state index is 0.00262. The molecule has 0 saturated carbocycles. The molecule has 0 saturated heterocycles. The van der Waals surface area contributed by atoms with Crippen molar-refractivity contribution in [2.24, 2.45) is 4.99 Å². The Morgan fingerprint density at radius 2 is 2.00 bits per heavy atom. The monoisotopic (exact) mass is 487 g/mol. The molecule has 0 fully saturated rings. The highest BCUT2D eigenvalue weighted by Gasteiger charge is 2.34. The van der Waals surface area contributed by atoms with Gasteiger partial charge >= 0.3 is 0 Å². The summed E-state index contributed by atoms with van der Waals surface area (Å²) >= 11 is -2.11. The fourth-order valence-corrected chi connectivity index (χ4v) is 5.76. The van der Waals surface area contributed by atoms with Crippen LogP contribution < -0.4 is 15.8 Å². The van der Waals surface area contributed by atoms with E-state index < -0.39 is 11.1 Å². The number of likely N-dealkylation sites (N-methyl/N-ethyl adjacent to an activating group) is 1. The number of carbonyl (C=O) groups excluding carboxylic acids is 1. The maximum Gasteiger partial charge on any atom is 0.187 e. The number of nitrogens with zero attached hydrogens (tertiary/aromatic N) is 2. The van der Waals surface area contributed by atoms with Crippen molar-refractivity contribution in [2.75, 3.05) is 26.9 Å². The lowest BCUT2D eigenvalue weighted by Gasteiger charge is -2.36. The van der Waals surface area contributed by atoms with Crippen molar-refractivity contribution in [1.82, 2.24) is 5.32 Å². The summed E-state index contributed by atoms with van der Waals surface area (Å²) in [5, 5.41) is 5.26. The zero-order valence-corrected chi connectivity index (χ0v) is 21.0. The van der Waals surface area contributed by atoms with Crippen LogP contribution >= 0.6 is 0 Å². The molecule has 35 heavy (non-hydrogen) atoms. The van der Waals surface area contributed by atoms with Crippen molar-refractivity contribution in [3.05, 3.63) is 93.3 Å². The van der Waals surface area contributed by atoms with Crippen molar-refractivity contribution < 1.29 is 18.0 Å². The van der Waals surface area contributed by atoms with Gasteiger partial charge in [-0.3, -0.25) is 14.0 Å². The van der Waals surface area contributed by atoms with Gasteiger partial charge in [-0.1, -0.05) is 35.4 Å². The van der Waals surface area contributed by atoms with Crippen LogP contribution in [-0.2, 0) is 11.1 Å². The van der Waals surface area contributed by atoms with Crippen LogP contribution in [0.25, 0.3) is 11.1 Å². The van der Waals surface area contributed by atoms with Gasteiger partial charge in [0.05, 0.1) is 33.0 Å². The van der Waals surface area contributed by atoms with Crippen LogP contribution in [0.3, 0.4) is 0 Å². The first-order valence-electron chi connectivity index (χ1n) is 11.8. The fraction of sp³-hybridized carbons (Fsp3) is 0.286. The zero-order valence-electron chi connectivity index (χ0n) is 20.2. The van der Waals surface area contributed by atoms with Gasteiger partial charge in [0.2, 0.25) is 0 Å². The minimum atomic E-state index is -2.11. The summed E-state index contributed by atoms with van der Waals surface area (Å²) < 4.78 is 23.2. The predicted molar refractivity (Wildman–Crippen MR) is 139 cm³/mol. The molecule has 1 heterocycles. The van der Waals surface area contributed by atoms with E-state index in [1.54, 1.807) is 18.5 Å². The predicted octanol–water partition coefficient (Wildman–Crippen LogP) is 2.45. The summed E-state index contributed by atoms with van der Waals surface area (Å²) in [6.07, 6.45) is 17.5. The molecule has 4 aliphatic rings. The summed E-state index contributed by atoms with van der Waals surface area (Å²) in [5.41, 5.74) is 6.74. The Hall–Kier alpha value is -3.13. The number of ketones is 1. The Morgan fingerprint density at radius 1 is 1.20 bits per heavy atom. The Labute approximate surface area is 208 Å². The molecular weight excluding hydrogens is 458 g/mol. The van der Waals surface area contributed by atoms with Crippen molar-refractivity contribution in [2.45, 2.75) is 25.3 Å². The van der Waals surface area contributed by atoms with Crippen molar-refractivity contribution in [3.8, 4) is 0 Å². The first-order valence-corrected chi connectivity index (χ1v) is 13.1. The molecule has 6 nitrogen and oxygen atoms in total. The van der Waals surface area contributed by atoms with Gasteiger partial charge in [0.1, 0.15) is 6.04 Å². The summed E-state index contributed by atoms with van der Waals surface area (Å²) in [7, 11) is 6.37. The molecule has 0 spiro atoms. The summed E-state index contributed by atoms with van der Waals surface area (Å²) in [5.74, 6) is 0.0607. The number of aliphatic imine (C=N–C) groups is 1. The van der Waals surface area contributed by atoms with E-state index in [-0.39, 0.29) is 17.6 Å². The number of benzene rings is 1. The van der Waals surface area contributed by atoms with E-state index in [2.05, 4.69) is 55.7 Å². The number of nitrogens with one attached hydrogen (secondary N) is 1. The van der Waals surface area contributed by atoms with Gasteiger partial charge in [-0.15, -0.1) is 0 Å². The van der Waals surface area contributed by atoms with Crippen LogP contribution in [0.15, 0.2) is 76.7 Å². The number of hydrogen-bond donors (Lipinski definition) is 1. The molecule has 1 aliphatic heterocycles. The van der Waals surface area contributed by atoms with Gasteiger partial charge in [0, 0.05) is 34.9 Å². The molecule has 0 bridgehead atoms. The van der Waals surface area contributed by atoms with Crippen molar-refractivity contribution >= 4 is 34.2 Å². The SMILES string of the molecule is C[N+](C)(C)C1C=CC(CCS(=O)[O-])=c2ccc3c(c21)C(=O)C=C1C(C2=CN=CC=CN2)=CCCC=31. The van der Waals surface area contributed by atoms with Crippen LogP contribution in [0.4, 0.5) is 0 Å². The molecule has 1 aromatic carbocycles. The largest absolute Gasteiger partial charge is 0.772 e. The van der Waals surface area contributed by atoms with E-state index in [0.717, 1.165) is 56.8 Å². The smallest absolute Gasteiger partial charge is 0.187 e. The second kappa shape index (κ2) is 9.15. The van der Waals surface area contributed by atoms with Gasteiger partial charge in [-0.25, -0.2) is 0 Å². The molecule has 2 atom stereocenters. The van der Waals surface area contributed by atoms with Gasteiger partial charge in [0.15, 0.2) is 5.78 Å². The standard InChI is InChI=1S/C28H29N3O3S/c1-31(2,3)25-11-8-18(12-15-35(33)34)19-9-10-22-20-6-4-7-21(24-17-29-13-5-14-30-24)23(20)16-26(32)28(22)27(19)25/h5,7-11,13-14,16-17,25H,4,6,12,15H2,1-3H3,(H-,29,30,33,34). The molecule has 1 aromatic rings. The Morgan fingerprint density at radius 3 is 2.77 bits per heavy atom. The summed E-state index contributed by atoms with van der Waals surface area (Å²) in [4.78, 5) is 18.1. The van der Waals surface area contributed by atoms with Gasteiger partial charge in [0.25, 0.3) is 0 Å². The van der Waals surface area contributed by atoms with Crippen LogP contribution in [-0.4, -0.2) is 52.1 Å². The highest BCUT2D eigenvalue weighted by atomic mass is 32.2. The van der Waals surface area contributed by atoms with E-state index in [9.17, 15) is 13.6 Å². The molecule has 7 heteroatoms. The number of fused-ring (bicyclic) bond motifs is 4. The van der Waals surface area contributed by atoms with Crippen LogP contribution in [0.1, 0.15) is 41.2 Å². The molecule has 0 radical (unpaired) electrons. The first-order chi connectivity index (χ1) is 16.8. The Balaban J connectivity index is 1.74. The number of carbonyl (C=O) groups is 1. The van der Waals surface area contributed by atoms with Crippen LogP contribution in [0.5, 0.6) is 0 Å². The third-order valence-corrected chi connectivity index (χ3v) is 7.48. The van der Waals surface area contributed by atoms with E-state index in [1.165, 1.54) is 5.57 Å². The third-order valence-electron chi connectivity index (χ3n) is 6.95. The van der Waals surface area contributed by atoms with E-state index >= 15 is 0 Å². The first kappa shape index (κ1) is 23.6. The number of hydrogen-bond acceptors (Lipinski definition) is 5. The van der Waals surface area contributed by atoms with E-state index in [4.69, 9.17) is 0 Å². The van der Waals surface area contributed by atoms with Gasteiger partial charge in [-0.05, 0) is 64.6 Å². The van der Waals surface area contributed by atoms with Crippen LogP contribution in [0.2, 0.25) is 0 Å². The normalized spacial score (nSPS) is 21.8. The molecule has 5 rings (SSSR count). The van der Waals surface area contributed by atoms with Crippen molar-refractivity contribution in [3.63, 3.8) is 0 Å². The molecule has 1 N–H and O–H groups in total. The second-order valence-corrected chi connectivity index (χ2v) is 11.1. The average Bonchev–Trinajstić information content (AvgIpc) is 3.10. The Kier molecular flexibility index (Phi) is 6.17. The maximum absolute atomic E-state index is 13.8. The fourth-order valence-electron chi connectivity index (χ4n) is 5.38. The molecule has 2 unspecified atom stereocenters. The molecule has 180 valence electrons. The molecule has 3 aliphatic carbocycles. The third kappa shape index (κ3) is 4.35. The molecule has 0 aromatic heterocycles. The molecule has 0 amide bonds. The topological polar surface area (TPSA) is 81.6 Å².